The fourth-order valence-corrected chi connectivity index (χ4v) is 4.02. The van der Waals surface area contributed by atoms with Gasteiger partial charge >= 0.3 is 0 Å². The molecule has 2 amide bonds. The molecule has 30 heavy (non-hydrogen) atoms. The molecule has 0 saturated heterocycles. The van der Waals surface area contributed by atoms with E-state index in [2.05, 4.69) is 29.4 Å². The molecule has 0 aromatic heterocycles. The largest absolute Gasteiger partial charge is 0.372 e. The van der Waals surface area contributed by atoms with Crippen LogP contribution in [0.3, 0.4) is 0 Å². The number of benzene rings is 2. The number of nitrogens with zero attached hydrogens (tertiary/aromatic N) is 1. The van der Waals surface area contributed by atoms with E-state index in [9.17, 15) is 9.59 Å². The zero-order valence-electron chi connectivity index (χ0n) is 18.1. The molecule has 0 unspecified atom stereocenters. The first-order valence-corrected chi connectivity index (χ1v) is 11.1. The molecular formula is C25H33N3O2. The Kier molecular flexibility index (Phi) is 7.89. The maximum absolute atomic E-state index is 12.5. The Labute approximate surface area is 179 Å². The minimum absolute atomic E-state index is 0.136. The van der Waals surface area contributed by atoms with Gasteiger partial charge < -0.3 is 15.5 Å². The van der Waals surface area contributed by atoms with Gasteiger partial charge in [0.05, 0.1) is 0 Å². The molecule has 0 atom stereocenters. The number of nitrogens with one attached hydrogen (secondary N) is 2. The van der Waals surface area contributed by atoms with Crippen molar-refractivity contribution >= 4 is 23.2 Å². The van der Waals surface area contributed by atoms with E-state index in [-0.39, 0.29) is 17.7 Å². The second-order valence-electron chi connectivity index (χ2n) is 7.92. The van der Waals surface area contributed by atoms with Crippen molar-refractivity contribution in [2.45, 2.75) is 52.5 Å². The van der Waals surface area contributed by atoms with Crippen molar-refractivity contribution in [3.8, 4) is 0 Å². The Morgan fingerprint density at radius 3 is 2.13 bits per heavy atom. The first-order valence-electron chi connectivity index (χ1n) is 11.1. The molecule has 2 aromatic carbocycles. The van der Waals surface area contributed by atoms with Crippen LogP contribution in [0.2, 0.25) is 0 Å². The molecule has 3 rings (SSSR count). The zero-order chi connectivity index (χ0) is 21.3. The molecule has 0 radical (unpaired) electrons. The molecule has 2 N–H and O–H groups in total. The van der Waals surface area contributed by atoms with E-state index in [1.54, 1.807) is 0 Å². The number of rotatable bonds is 8. The highest BCUT2D eigenvalue weighted by Gasteiger charge is 2.20. The summed E-state index contributed by atoms with van der Waals surface area (Å²) in [7, 11) is 0. The topological polar surface area (TPSA) is 61.4 Å². The molecule has 1 aliphatic rings. The van der Waals surface area contributed by atoms with Crippen LogP contribution in [0, 0.1) is 5.92 Å². The molecule has 0 aliphatic heterocycles. The van der Waals surface area contributed by atoms with Crippen molar-refractivity contribution in [2.24, 2.45) is 5.92 Å². The van der Waals surface area contributed by atoms with Crippen LogP contribution in [-0.2, 0) is 11.3 Å². The lowest BCUT2D eigenvalue weighted by Gasteiger charge is -2.21. The predicted molar refractivity (Wildman–Crippen MR) is 123 cm³/mol. The normalized spacial score (nSPS) is 14.2. The molecule has 0 spiro atoms. The third-order valence-corrected chi connectivity index (χ3v) is 5.91. The summed E-state index contributed by atoms with van der Waals surface area (Å²) in [6.07, 6.45) is 5.55. The zero-order valence-corrected chi connectivity index (χ0v) is 18.1. The quantitative estimate of drug-likeness (QED) is 0.649. The van der Waals surface area contributed by atoms with Gasteiger partial charge in [0.2, 0.25) is 5.91 Å². The second kappa shape index (κ2) is 10.8. The molecular weight excluding hydrogens is 374 g/mol. The number of carbonyl (C=O) groups is 2. The van der Waals surface area contributed by atoms with Gasteiger partial charge in [-0.15, -0.1) is 0 Å². The van der Waals surface area contributed by atoms with Crippen LogP contribution < -0.4 is 15.5 Å². The Morgan fingerprint density at radius 2 is 1.53 bits per heavy atom. The van der Waals surface area contributed by atoms with E-state index in [4.69, 9.17) is 0 Å². The fraction of sp³-hybridized carbons (Fsp3) is 0.440. The van der Waals surface area contributed by atoms with Gasteiger partial charge in [0, 0.05) is 42.5 Å². The van der Waals surface area contributed by atoms with E-state index in [1.165, 1.54) is 6.42 Å². The SMILES string of the molecule is CCN(CC)c1ccc(NC(=O)c2ccc(CNC(=O)C3CCCCC3)cc2)cc1. The van der Waals surface area contributed by atoms with Gasteiger partial charge in [-0.25, -0.2) is 0 Å². The lowest BCUT2D eigenvalue weighted by atomic mass is 9.88. The molecule has 0 bridgehead atoms. The number of hydrogen-bond acceptors (Lipinski definition) is 3. The monoisotopic (exact) mass is 407 g/mol. The van der Waals surface area contributed by atoms with Gasteiger partial charge in [0.1, 0.15) is 0 Å². The number of amides is 2. The standard InChI is InChI=1S/C25H33N3O2/c1-3-28(4-2)23-16-14-22(15-17-23)27-25(30)21-12-10-19(11-13-21)18-26-24(29)20-8-6-5-7-9-20/h10-17,20H,3-9,18H2,1-2H3,(H,26,29)(H,27,30). The third-order valence-electron chi connectivity index (χ3n) is 5.91. The molecule has 160 valence electrons. The summed E-state index contributed by atoms with van der Waals surface area (Å²) < 4.78 is 0. The molecule has 1 saturated carbocycles. The Bertz CT molecular complexity index is 820. The van der Waals surface area contributed by atoms with Crippen molar-refractivity contribution in [3.63, 3.8) is 0 Å². The number of hydrogen-bond donors (Lipinski definition) is 2. The Morgan fingerprint density at radius 1 is 0.900 bits per heavy atom. The van der Waals surface area contributed by atoms with Gasteiger partial charge in [-0.1, -0.05) is 31.4 Å². The summed E-state index contributed by atoms with van der Waals surface area (Å²) in [6.45, 7) is 6.67. The van der Waals surface area contributed by atoms with Crippen molar-refractivity contribution < 1.29 is 9.59 Å². The van der Waals surface area contributed by atoms with Crippen molar-refractivity contribution in [1.82, 2.24) is 5.32 Å². The molecule has 5 heteroatoms. The van der Waals surface area contributed by atoms with Crippen molar-refractivity contribution in [2.75, 3.05) is 23.3 Å². The van der Waals surface area contributed by atoms with Gasteiger partial charge in [0.15, 0.2) is 0 Å². The van der Waals surface area contributed by atoms with Crippen LogP contribution in [0.1, 0.15) is 61.9 Å². The smallest absolute Gasteiger partial charge is 0.255 e. The van der Waals surface area contributed by atoms with Crippen LogP contribution in [0.4, 0.5) is 11.4 Å². The molecule has 5 nitrogen and oxygen atoms in total. The fourth-order valence-electron chi connectivity index (χ4n) is 4.02. The van der Waals surface area contributed by atoms with Crippen molar-refractivity contribution in [1.29, 1.82) is 0 Å². The predicted octanol–water partition coefficient (Wildman–Crippen LogP) is 4.98. The maximum atomic E-state index is 12.5. The minimum Gasteiger partial charge on any atom is -0.372 e. The van der Waals surface area contributed by atoms with E-state index in [0.29, 0.717) is 12.1 Å². The van der Waals surface area contributed by atoms with Crippen LogP contribution >= 0.6 is 0 Å². The molecule has 0 heterocycles. The highest BCUT2D eigenvalue weighted by molar-refractivity contribution is 6.04. The van der Waals surface area contributed by atoms with E-state index in [0.717, 1.165) is 55.7 Å². The molecule has 1 fully saturated rings. The number of carbonyl (C=O) groups excluding carboxylic acids is 2. The number of anilines is 2. The lowest BCUT2D eigenvalue weighted by molar-refractivity contribution is -0.126. The molecule has 2 aromatic rings. The van der Waals surface area contributed by atoms with Crippen LogP contribution in [0.5, 0.6) is 0 Å². The average Bonchev–Trinajstić information content (AvgIpc) is 2.80. The van der Waals surface area contributed by atoms with Crippen LogP contribution in [0.25, 0.3) is 0 Å². The van der Waals surface area contributed by atoms with Gasteiger partial charge in [-0.05, 0) is 68.7 Å². The van der Waals surface area contributed by atoms with Gasteiger partial charge in [0.25, 0.3) is 5.91 Å². The first-order chi connectivity index (χ1) is 14.6. The summed E-state index contributed by atoms with van der Waals surface area (Å²) in [5.74, 6) is 0.185. The van der Waals surface area contributed by atoms with E-state index >= 15 is 0 Å². The minimum atomic E-state index is -0.136. The Hall–Kier alpha value is -2.82. The van der Waals surface area contributed by atoms with Gasteiger partial charge in [-0.2, -0.15) is 0 Å². The third kappa shape index (κ3) is 5.85. The van der Waals surface area contributed by atoms with Crippen molar-refractivity contribution in [3.05, 3.63) is 59.7 Å². The molecule has 1 aliphatic carbocycles. The summed E-state index contributed by atoms with van der Waals surface area (Å²) in [5, 5.41) is 5.98. The summed E-state index contributed by atoms with van der Waals surface area (Å²) in [5.41, 5.74) is 3.53. The van der Waals surface area contributed by atoms with Gasteiger partial charge in [-0.3, -0.25) is 9.59 Å². The summed E-state index contributed by atoms with van der Waals surface area (Å²) >= 11 is 0. The summed E-state index contributed by atoms with van der Waals surface area (Å²) in [6, 6.07) is 15.3. The lowest BCUT2D eigenvalue weighted by Crippen LogP contribution is -2.31. The average molecular weight is 408 g/mol. The van der Waals surface area contributed by atoms with E-state index < -0.39 is 0 Å². The first kappa shape index (κ1) is 21.9. The van der Waals surface area contributed by atoms with E-state index in [1.807, 2.05) is 48.5 Å². The summed E-state index contributed by atoms with van der Waals surface area (Å²) in [4.78, 5) is 27.1. The second-order valence-corrected chi connectivity index (χ2v) is 7.92. The highest BCUT2D eigenvalue weighted by atomic mass is 16.2. The maximum Gasteiger partial charge on any atom is 0.255 e. The van der Waals surface area contributed by atoms with Crippen LogP contribution in [-0.4, -0.2) is 24.9 Å². The highest BCUT2D eigenvalue weighted by Crippen LogP contribution is 2.23. The Balaban J connectivity index is 1.51. The van der Waals surface area contributed by atoms with Crippen LogP contribution in [0.15, 0.2) is 48.5 Å².